The normalized spacial score (nSPS) is 52.7. The van der Waals surface area contributed by atoms with Crippen molar-refractivity contribution in [1.82, 2.24) is 0 Å². The number of carbonyl (C=O) groups excluding carboxylic acids is 1. The molecule has 0 aromatic carbocycles. The number of alkyl halides is 2. The molecule has 0 saturated heterocycles. The van der Waals surface area contributed by atoms with Crippen LogP contribution in [0.15, 0.2) is 0 Å². The molecule has 4 aliphatic rings. The standard InChI is InChI=1S/C21H32F2O3/c1-19(26)7-5-13-12-6-8-20(2)15(3-4-16(20)18(25)11-24)14(12)9-21(22,23)17(13)10-19/h12-17,24,26H,3-11H2,1-2H3/t12-,13-,14-,15+,16-,17+,19+,20+/m1/s1. The molecule has 0 heterocycles. The van der Waals surface area contributed by atoms with Gasteiger partial charge in [0, 0.05) is 18.3 Å². The van der Waals surface area contributed by atoms with Gasteiger partial charge in [0.15, 0.2) is 5.78 Å². The first kappa shape index (κ1) is 18.8. The van der Waals surface area contributed by atoms with Gasteiger partial charge in [0.25, 0.3) is 5.92 Å². The van der Waals surface area contributed by atoms with E-state index in [2.05, 4.69) is 6.92 Å². The van der Waals surface area contributed by atoms with Gasteiger partial charge in [-0.25, -0.2) is 8.78 Å². The predicted octanol–water partition coefficient (Wildman–Crippen LogP) is 3.81. The molecule has 148 valence electrons. The molecule has 0 aromatic heterocycles. The predicted molar refractivity (Wildman–Crippen MR) is 93.6 cm³/mol. The Hall–Kier alpha value is -0.550. The summed E-state index contributed by atoms with van der Waals surface area (Å²) < 4.78 is 30.3. The van der Waals surface area contributed by atoms with Gasteiger partial charge < -0.3 is 10.2 Å². The number of halogens is 2. The van der Waals surface area contributed by atoms with E-state index in [0.29, 0.717) is 18.8 Å². The van der Waals surface area contributed by atoms with Gasteiger partial charge in [-0.3, -0.25) is 4.79 Å². The highest BCUT2D eigenvalue weighted by atomic mass is 19.3. The fourth-order valence-corrected chi connectivity index (χ4v) is 7.63. The monoisotopic (exact) mass is 370 g/mol. The molecule has 26 heavy (non-hydrogen) atoms. The first-order valence-electron chi connectivity index (χ1n) is 10.3. The maximum Gasteiger partial charge on any atom is 0.251 e. The third-order valence-corrected chi connectivity index (χ3v) is 8.83. The van der Waals surface area contributed by atoms with Crippen LogP contribution in [0, 0.1) is 40.9 Å². The summed E-state index contributed by atoms with van der Waals surface area (Å²) >= 11 is 0. The number of carbonyl (C=O) groups is 1. The fraction of sp³-hybridized carbons (Fsp3) is 0.952. The fourth-order valence-electron chi connectivity index (χ4n) is 7.63. The molecule has 0 aromatic rings. The number of fused-ring (bicyclic) bond motifs is 5. The topological polar surface area (TPSA) is 57.5 Å². The van der Waals surface area contributed by atoms with E-state index in [1.54, 1.807) is 6.92 Å². The minimum Gasteiger partial charge on any atom is -0.390 e. The minimum absolute atomic E-state index is 0.00104. The van der Waals surface area contributed by atoms with E-state index in [4.69, 9.17) is 0 Å². The number of ketones is 1. The van der Waals surface area contributed by atoms with Crippen LogP contribution in [0.25, 0.3) is 0 Å². The summed E-state index contributed by atoms with van der Waals surface area (Å²) in [5, 5.41) is 19.7. The highest BCUT2D eigenvalue weighted by Crippen LogP contribution is 2.66. The maximum atomic E-state index is 15.1. The van der Waals surface area contributed by atoms with Crippen molar-refractivity contribution < 1.29 is 23.8 Å². The summed E-state index contributed by atoms with van der Waals surface area (Å²) in [4.78, 5) is 12.2. The van der Waals surface area contributed by atoms with Crippen LogP contribution in [0.2, 0.25) is 0 Å². The second kappa shape index (κ2) is 5.97. The van der Waals surface area contributed by atoms with Crippen molar-refractivity contribution in [2.24, 2.45) is 40.9 Å². The smallest absolute Gasteiger partial charge is 0.251 e. The molecule has 0 unspecified atom stereocenters. The van der Waals surface area contributed by atoms with E-state index < -0.39 is 24.0 Å². The summed E-state index contributed by atoms with van der Waals surface area (Å²) in [6.07, 6.45) is 4.80. The number of aliphatic hydroxyl groups excluding tert-OH is 1. The molecule has 4 rings (SSSR count). The number of hydrogen-bond donors (Lipinski definition) is 2. The van der Waals surface area contributed by atoms with Gasteiger partial charge in [-0.05, 0) is 81.0 Å². The Bertz CT molecular complexity index is 590. The zero-order chi connectivity index (χ0) is 18.9. The Labute approximate surface area is 154 Å². The van der Waals surface area contributed by atoms with Gasteiger partial charge in [-0.1, -0.05) is 6.92 Å². The second-order valence-corrected chi connectivity index (χ2v) is 10.2. The Balaban J connectivity index is 1.63. The summed E-state index contributed by atoms with van der Waals surface area (Å²) in [7, 11) is 0. The number of hydrogen-bond acceptors (Lipinski definition) is 3. The number of Topliss-reactive ketones (excluding diaryl/α,β-unsaturated/α-hetero) is 1. The molecule has 0 amide bonds. The average molecular weight is 370 g/mol. The highest BCUT2D eigenvalue weighted by molar-refractivity contribution is 5.83. The lowest BCUT2D eigenvalue weighted by atomic mass is 9.48. The lowest BCUT2D eigenvalue weighted by molar-refractivity contribution is -0.210. The van der Waals surface area contributed by atoms with Gasteiger partial charge in [0.1, 0.15) is 6.61 Å². The van der Waals surface area contributed by atoms with E-state index in [-0.39, 0.29) is 47.7 Å². The molecule has 4 saturated carbocycles. The van der Waals surface area contributed by atoms with Crippen molar-refractivity contribution in [3.63, 3.8) is 0 Å². The molecule has 3 nitrogen and oxygen atoms in total. The van der Waals surface area contributed by atoms with Gasteiger partial charge >= 0.3 is 0 Å². The van der Waals surface area contributed by atoms with Gasteiger partial charge in [-0.15, -0.1) is 0 Å². The molecule has 0 radical (unpaired) electrons. The maximum absolute atomic E-state index is 15.1. The lowest BCUT2D eigenvalue weighted by Crippen LogP contribution is -2.57. The van der Waals surface area contributed by atoms with Crippen LogP contribution < -0.4 is 0 Å². The van der Waals surface area contributed by atoms with Crippen LogP contribution in [0.5, 0.6) is 0 Å². The Kier molecular flexibility index (Phi) is 4.32. The number of aliphatic hydroxyl groups is 2. The lowest BCUT2D eigenvalue weighted by Gasteiger charge is -2.58. The van der Waals surface area contributed by atoms with Crippen LogP contribution in [0.1, 0.15) is 65.2 Å². The highest BCUT2D eigenvalue weighted by Gasteiger charge is 2.64. The molecule has 0 bridgehead atoms. The molecule has 8 atom stereocenters. The van der Waals surface area contributed by atoms with E-state index in [1.165, 1.54) is 0 Å². The van der Waals surface area contributed by atoms with Crippen molar-refractivity contribution in [2.45, 2.75) is 76.7 Å². The third-order valence-electron chi connectivity index (χ3n) is 8.83. The van der Waals surface area contributed by atoms with E-state index in [0.717, 1.165) is 25.7 Å². The average Bonchev–Trinajstić information content (AvgIpc) is 2.91. The summed E-state index contributed by atoms with van der Waals surface area (Å²) in [6.45, 7) is 3.37. The third kappa shape index (κ3) is 2.68. The zero-order valence-corrected chi connectivity index (χ0v) is 15.9. The second-order valence-electron chi connectivity index (χ2n) is 10.2. The molecule has 0 spiro atoms. The summed E-state index contributed by atoms with van der Waals surface area (Å²) in [6, 6.07) is 0. The molecule has 2 N–H and O–H groups in total. The largest absolute Gasteiger partial charge is 0.390 e. The molecule has 4 aliphatic carbocycles. The van der Waals surface area contributed by atoms with Crippen LogP contribution >= 0.6 is 0 Å². The van der Waals surface area contributed by atoms with Crippen molar-refractivity contribution in [2.75, 3.05) is 6.61 Å². The van der Waals surface area contributed by atoms with Crippen LogP contribution in [-0.4, -0.2) is 34.1 Å². The Morgan fingerprint density at radius 3 is 2.35 bits per heavy atom. The number of rotatable bonds is 2. The first-order valence-corrected chi connectivity index (χ1v) is 10.3. The zero-order valence-electron chi connectivity index (χ0n) is 15.9. The summed E-state index contributed by atoms with van der Waals surface area (Å²) in [5.41, 5.74) is -1.20. The molecule has 5 heteroatoms. The van der Waals surface area contributed by atoms with Crippen LogP contribution in [0.4, 0.5) is 8.78 Å². The van der Waals surface area contributed by atoms with E-state index >= 15 is 8.78 Å². The Morgan fingerprint density at radius 2 is 1.65 bits per heavy atom. The van der Waals surface area contributed by atoms with Crippen LogP contribution in [-0.2, 0) is 4.79 Å². The van der Waals surface area contributed by atoms with Gasteiger partial charge in [0.05, 0.1) is 5.60 Å². The Morgan fingerprint density at radius 1 is 0.962 bits per heavy atom. The summed E-state index contributed by atoms with van der Waals surface area (Å²) in [5.74, 6) is -3.26. The molecular formula is C21H32F2O3. The van der Waals surface area contributed by atoms with E-state index in [1.807, 2.05) is 0 Å². The quantitative estimate of drug-likeness (QED) is 0.777. The molecule has 0 aliphatic heterocycles. The van der Waals surface area contributed by atoms with Crippen LogP contribution in [0.3, 0.4) is 0 Å². The first-order chi connectivity index (χ1) is 12.1. The van der Waals surface area contributed by atoms with Crippen molar-refractivity contribution in [1.29, 1.82) is 0 Å². The van der Waals surface area contributed by atoms with Crippen molar-refractivity contribution >= 4 is 5.78 Å². The SMILES string of the molecule is C[C@]1(O)CC[C@@H]2[C@H]3CC[C@]4(C)[C@@H](C(=O)CO)CC[C@H]4[C@@H]3CC(F)(F)[C@H]2C1. The minimum atomic E-state index is -2.73. The van der Waals surface area contributed by atoms with Gasteiger partial charge in [0.2, 0.25) is 0 Å². The van der Waals surface area contributed by atoms with Gasteiger partial charge in [-0.2, -0.15) is 0 Å². The van der Waals surface area contributed by atoms with Crippen molar-refractivity contribution in [3.8, 4) is 0 Å². The van der Waals surface area contributed by atoms with Crippen molar-refractivity contribution in [3.05, 3.63) is 0 Å². The molecular weight excluding hydrogens is 338 g/mol. The molecule has 4 fully saturated rings. The van der Waals surface area contributed by atoms with E-state index in [9.17, 15) is 15.0 Å².